The van der Waals surface area contributed by atoms with Gasteiger partial charge in [0.25, 0.3) is 0 Å². The molecule has 2 N–H and O–H groups in total. The molecule has 0 fully saturated rings. The SMILES string of the molecule is CCCCN=C(N)c1ccc(C(C)(C)C)cc1. The molecule has 1 aromatic rings. The Morgan fingerprint density at radius 3 is 2.24 bits per heavy atom. The van der Waals surface area contributed by atoms with E-state index in [0.29, 0.717) is 5.84 Å². The van der Waals surface area contributed by atoms with Gasteiger partial charge in [-0.3, -0.25) is 4.99 Å². The van der Waals surface area contributed by atoms with Crippen LogP contribution in [0.3, 0.4) is 0 Å². The Kier molecular flexibility index (Phi) is 4.73. The topological polar surface area (TPSA) is 38.4 Å². The first-order valence-electron chi connectivity index (χ1n) is 6.36. The lowest BCUT2D eigenvalue weighted by Gasteiger charge is -2.19. The highest BCUT2D eigenvalue weighted by Gasteiger charge is 2.13. The first kappa shape index (κ1) is 13.8. The summed E-state index contributed by atoms with van der Waals surface area (Å²) in [6.07, 6.45) is 2.25. The third-order valence-electron chi connectivity index (χ3n) is 2.84. The molecule has 0 aliphatic carbocycles. The zero-order valence-electron chi connectivity index (χ0n) is 11.5. The third-order valence-corrected chi connectivity index (χ3v) is 2.84. The van der Waals surface area contributed by atoms with Crippen molar-refractivity contribution in [1.29, 1.82) is 0 Å². The molecule has 1 rings (SSSR count). The molecule has 0 aliphatic rings. The summed E-state index contributed by atoms with van der Waals surface area (Å²) < 4.78 is 0. The number of benzene rings is 1. The quantitative estimate of drug-likeness (QED) is 0.481. The fraction of sp³-hybridized carbons (Fsp3) is 0.533. The number of nitrogens with two attached hydrogens (primary N) is 1. The van der Waals surface area contributed by atoms with Crippen molar-refractivity contribution in [2.45, 2.75) is 46.0 Å². The molecule has 0 aliphatic heterocycles. The summed E-state index contributed by atoms with van der Waals surface area (Å²) in [5, 5.41) is 0. The molecule has 0 amide bonds. The molecule has 0 radical (unpaired) electrons. The van der Waals surface area contributed by atoms with Crippen LogP contribution in [-0.4, -0.2) is 12.4 Å². The molecule has 0 atom stereocenters. The maximum Gasteiger partial charge on any atom is 0.125 e. The molecule has 0 bridgehead atoms. The normalized spacial score (nSPS) is 12.8. The summed E-state index contributed by atoms with van der Waals surface area (Å²) in [5.74, 6) is 0.652. The van der Waals surface area contributed by atoms with Gasteiger partial charge in [0.15, 0.2) is 0 Å². The summed E-state index contributed by atoms with van der Waals surface area (Å²) in [4.78, 5) is 4.37. The average Bonchev–Trinajstić information content (AvgIpc) is 2.28. The van der Waals surface area contributed by atoms with Crippen molar-refractivity contribution in [2.24, 2.45) is 10.7 Å². The van der Waals surface area contributed by atoms with Gasteiger partial charge in [-0.25, -0.2) is 0 Å². The van der Waals surface area contributed by atoms with Crippen molar-refractivity contribution in [3.05, 3.63) is 35.4 Å². The molecular weight excluding hydrogens is 208 g/mol. The molecule has 94 valence electrons. The Labute approximate surface area is 105 Å². The fourth-order valence-electron chi connectivity index (χ4n) is 1.59. The summed E-state index contributed by atoms with van der Waals surface area (Å²) >= 11 is 0. The summed E-state index contributed by atoms with van der Waals surface area (Å²) in [6, 6.07) is 8.39. The average molecular weight is 232 g/mol. The Morgan fingerprint density at radius 2 is 1.76 bits per heavy atom. The van der Waals surface area contributed by atoms with Crippen molar-refractivity contribution in [3.8, 4) is 0 Å². The van der Waals surface area contributed by atoms with Gasteiger partial charge in [-0.15, -0.1) is 0 Å². The lowest BCUT2D eigenvalue weighted by atomic mass is 9.86. The van der Waals surface area contributed by atoms with Crippen molar-refractivity contribution < 1.29 is 0 Å². The van der Waals surface area contributed by atoms with Gasteiger partial charge in [0, 0.05) is 12.1 Å². The number of hydrogen-bond acceptors (Lipinski definition) is 1. The minimum atomic E-state index is 0.187. The van der Waals surface area contributed by atoms with Gasteiger partial charge in [-0.1, -0.05) is 58.4 Å². The number of aliphatic imine (C=N–C) groups is 1. The van der Waals surface area contributed by atoms with Crippen LogP contribution in [0.25, 0.3) is 0 Å². The van der Waals surface area contributed by atoms with Crippen molar-refractivity contribution in [3.63, 3.8) is 0 Å². The monoisotopic (exact) mass is 232 g/mol. The van der Waals surface area contributed by atoms with Crippen molar-refractivity contribution in [1.82, 2.24) is 0 Å². The van der Waals surface area contributed by atoms with Gasteiger partial charge in [0.1, 0.15) is 5.84 Å². The zero-order chi connectivity index (χ0) is 12.9. The van der Waals surface area contributed by atoms with Crippen LogP contribution in [-0.2, 0) is 5.41 Å². The molecular formula is C15H24N2. The molecule has 1 aromatic carbocycles. The van der Waals surface area contributed by atoms with Crippen LogP contribution in [0, 0.1) is 0 Å². The number of unbranched alkanes of at least 4 members (excludes halogenated alkanes) is 1. The zero-order valence-corrected chi connectivity index (χ0v) is 11.5. The highest BCUT2D eigenvalue weighted by Crippen LogP contribution is 2.22. The van der Waals surface area contributed by atoms with E-state index in [0.717, 1.165) is 24.9 Å². The van der Waals surface area contributed by atoms with E-state index in [4.69, 9.17) is 5.73 Å². The predicted octanol–water partition coefficient (Wildman–Crippen LogP) is 3.49. The summed E-state index contributed by atoms with van der Waals surface area (Å²) in [7, 11) is 0. The van der Waals surface area contributed by atoms with Crippen LogP contribution in [0.15, 0.2) is 29.3 Å². The molecule has 2 nitrogen and oxygen atoms in total. The molecule has 0 unspecified atom stereocenters. The van der Waals surface area contributed by atoms with Crippen molar-refractivity contribution in [2.75, 3.05) is 6.54 Å². The van der Waals surface area contributed by atoms with E-state index in [9.17, 15) is 0 Å². The van der Waals surface area contributed by atoms with Crippen LogP contribution in [0.2, 0.25) is 0 Å². The predicted molar refractivity (Wildman–Crippen MR) is 75.6 cm³/mol. The molecule has 2 heteroatoms. The minimum Gasteiger partial charge on any atom is -0.384 e. The Bertz CT molecular complexity index is 369. The Balaban J connectivity index is 2.77. The van der Waals surface area contributed by atoms with Gasteiger partial charge < -0.3 is 5.73 Å². The van der Waals surface area contributed by atoms with Crippen LogP contribution in [0.5, 0.6) is 0 Å². The van der Waals surface area contributed by atoms with Crippen LogP contribution < -0.4 is 5.73 Å². The molecule has 0 aromatic heterocycles. The fourth-order valence-corrected chi connectivity index (χ4v) is 1.59. The summed E-state index contributed by atoms with van der Waals surface area (Å²) in [6.45, 7) is 9.61. The van der Waals surface area contributed by atoms with Gasteiger partial charge >= 0.3 is 0 Å². The second-order valence-corrected chi connectivity index (χ2v) is 5.45. The number of hydrogen-bond donors (Lipinski definition) is 1. The van der Waals surface area contributed by atoms with E-state index in [2.05, 4.69) is 57.0 Å². The standard InChI is InChI=1S/C15H24N2/c1-5-6-11-17-14(16)12-7-9-13(10-8-12)15(2,3)4/h7-10H,5-6,11H2,1-4H3,(H2,16,17). The molecule has 0 spiro atoms. The van der Waals surface area contributed by atoms with Gasteiger partial charge in [-0.2, -0.15) is 0 Å². The van der Waals surface area contributed by atoms with E-state index in [-0.39, 0.29) is 5.41 Å². The van der Waals surface area contributed by atoms with Gasteiger partial charge in [-0.05, 0) is 17.4 Å². The van der Waals surface area contributed by atoms with E-state index >= 15 is 0 Å². The van der Waals surface area contributed by atoms with Crippen LogP contribution >= 0.6 is 0 Å². The van der Waals surface area contributed by atoms with Crippen molar-refractivity contribution >= 4 is 5.84 Å². The lowest BCUT2D eigenvalue weighted by molar-refractivity contribution is 0.590. The minimum absolute atomic E-state index is 0.187. The first-order valence-corrected chi connectivity index (χ1v) is 6.36. The van der Waals surface area contributed by atoms with Crippen LogP contribution in [0.4, 0.5) is 0 Å². The maximum absolute atomic E-state index is 5.94. The van der Waals surface area contributed by atoms with E-state index in [1.54, 1.807) is 0 Å². The first-order chi connectivity index (χ1) is 7.95. The lowest BCUT2D eigenvalue weighted by Crippen LogP contribution is -2.15. The molecule has 0 saturated heterocycles. The number of nitrogens with zero attached hydrogens (tertiary/aromatic N) is 1. The maximum atomic E-state index is 5.94. The van der Waals surface area contributed by atoms with E-state index in [1.165, 1.54) is 5.56 Å². The molecule has 0 heterocycles. The summed E-state index contributed by atoms with van der Waals surface area (Å²) in [5.41, 5.74) is 8.48. The van der Waals surface area contributed by atoms with E-state index in [1.807, 2.05) is 0 Å². The molecule has 17 heavy (non-hydrogen) atoms. The number of amidine groups is 1. The largest absolute Gasteiger partial charge is 0.384 e. The Morgan fingerprint density at radius 1 is 1.18 bits per heavy atom. The number of rotatable bonds is 4. The smallest absolute Gasteiger partial charge is 0.125 e. The van der Waals surface area contributed by atoms with Gasteiger partial charge in [0.2, 0.25) is 0 Å². The van der Waals surface area contributed by atoms with Gasteiger partial charge in [0.05, 0.1) is 0 Å². The third kappa shape index (κ3) is 4.22. The second-order valence-electron chi connectivity index (χ2n) is 5.45. The molecule has 0 saturated carbocycles. The second kappa shape index (κ2) is 5.85. The highest BCUT2D eigenvalue weighted by atomic mass is 14.8. The van der Waals surface area contributed by atoms with E-state index < -0.39 is 0 Å². The Hall–Kier alpha value is -1.31. The van der Waals surface area contributed by atoms with Crippen LogP contribution in [0.1, 0.15) is 51.7 Å². The highest BCUT2D eigenvalue weighted by molar-refractivity contribution is 5.97.